The van der Waals surface area contributed by atoms with Crippen molar-refractivity contribution in [2.45, 2.75) is 18.2 Å². The highest BCUT2D eigenvalue weighted by Crippen LogP contribution is 2.18. The Morgan fingerprint density at radius 3 is 2.52 bits per heavy atom. The first-order chi connectivity index (χ1) is 12.9. The highest BCUT2D eigenvalue weighted by atomic mass is 32.2. The van der Waals surface area contributed by atoms with Gasteiger partial charge in [0.1, 0.15) is 5.75 Å². The SMILES string of the molecule is CCCNS(=O)(=O)c1cccc(C(=O)OCC(=O)c2ccccc2OC)c1. The number of nitrogens with one attached hydrogen (secondary N) is 1. The van der Waals surface area contributed by atoms with Gasteiger partial charge >= 0.3 is 5.97 Å². The van der Waals surface area contributed by atoms with Crippen LogP contribution in [0.15, 0.2) is 53.4 Å². The minimum absolute atomic E-state index is 0.0403. The first-order valence-electron chi connectivity index (χ1n) is 8.32. The second-order valence-corrected chi connectivity index (χ2v) is 7.39. The van der Waals surface area contributed by atoms with Crippen LogP contribution in [0.3, 0.4) is 0 Å². The van der Waals surface area contributed by atoms with Crippen LogP contribution < -0.4 is 9.46 Å². The number of esters is 1. The third-order valence-corrected chi connectivity index (χ3v) is 5.12. The van der Waals surface area contributed by atoms with Gasteiger partial charge in [-0.2, -0.15) is 0 Å². The van der Waals surface area contributed by atoms with Crippen LogP contribution in [0.2, 0.25) is 0 Å². The number of sulfonamides is 1. The molecule has 0 spiro atoms. The van der Waals surface area contributed by atoms with Crippen LogP contribution in [0, 0.1) is 0 Å². The van der Waals surface area contributed by atoms with E-state index in [1.165, 1.54) is 31.4 Å². The number of methoxy groups -OCH3 is 1. The molecule has 0 aliphatic rings. The van der Waals surface area contributed by atoms with E-state index in [0.717, 1.165) is 0 Å². The molecule has 0 atom stereocenters. The summed E-state index contributed by atoms with van der Waals surface area (Å²) in [6.45, 7) is 1.66. The maximum Gasteiger partial charge on any atom is 0.338 e. The second kappa shape index (κ2) is 9.29. The molecule has 0 bridgehead atoms. The van der Waals surface area contributed by atoms with Crippen molar-refractivity contribution in [3.8, 4) is 5.75 Å². The van der Waals surface area contributed by atoms with E-state index in [9.17, 15) is 18.0 Å². The second-order valence-electron chi connectivity index (χ2n) is 5.63. The lowest BCUT2D eigenvalue weighted by molar-refractivity contribution is 0.0473. The van der Waals surface area contributed by atoms with E-state index >= 15 is 0 Å². The Kier molecular flexibility index (Phi) is 7.09. The van der Waals surface area contributed by atoms with E-state index in [2.05, 4.69) is 4.72 Å². The van der Waals surface area contributed by atoms with Gasteiger partial charge in [-0.05, 0) is 36.8 Å². The predicted molar refractivity (Wildman–Crippen MR) is 99.5 cm³/mol. The van der Waals surface area contributed by atoms with Crippen molar-refractivity contribution >= 4 is 21.8 Å². The molecule has 0 saturated heterocycles. The molecule has 144 valence electrons. The number of hydrogen-bond acceptors (Lipinski definition) is 6. The Labute approximate surface area is 158 Å². The highest BCUT2D eigenvalue weighted by Gasteiger charge is 2.18. The van der Waals surface area contributed by atoms with Crippen molar-refractivity contribution in [1.29, 1.82) is 0 Å². The van der Waals surface area contributed by atoms with E-state index in [1.807, 2.05) is 6.92 Å². The maximum atomic E-state index is 12.2. The average Bonchev–Trinajstić information content (AvgIpc) is 2.70. The number of ether oxygens (including phenoxy) is 2. The van der Waals surface area contributed by atoms with E-state index in [4.69, 9.17) is 9.47 Å². The van der Waals surface area contributed by atoms with E-state index in [0.29, 0.717) is 24.3 Å². The van der Waals surface area contributed by atoms with Gasteiger partial charge < -0.3 is 9.47 Å². The molecular formula is C19H21NO6S. The summed E-state index contributed by atoms with van der Waals surface area (Å²) in [6, 6.07) is 12.1. The van der Waals surface area contributed by atoms with Gasteiger partial charge in [0.05, 0.1) is 23.1 Å². The Morgan fingerprint density at radius 2 is 1.81 bits per heavy atom. The number of carbonyl (C=O) groups excluding carboxylic acids is 2. The minimum atomic E-state index is -3.70. The maximum absolute atomic E-state index is 12.2. The summed E-state index contributed by atoms with van der Waals surface area (Å²) >= 11 is 0. The average molecular weight is 391 g/mol. The summed E-state index contributed by atoms with van der Waals surface area (Å²) in [6.07, 6.45) is 0.645. The van der Waals surface area contributed by atoms with Gasteiger partial charge in [0, 0.05) is 6.54 Å². The number of benzene rings is 2. The molecule has 8 heteroatoms. The molecule has 0 fully saturated rings. The summed E-state index contributed by atoms with van der Waals surface area (Å²) in [5.41, 5.74) is 0.343. The largest absolute Gasteiger partial charge is 0.496 e. The molecule has 0 heterocycles. The highest BCUT2D eigenvalue weighted by molar-refractivity contribution is 7.89. The van der Waals surface area contributed by atoms with Crippen LogP contribution in [0.1, 0.15) is 34.1 Å². The van der Waals surface area contributed by atoms with Crippen LogP contribution in [0.4, 0.5) is 0 Å². The third kappa shape index (κ3) is 5.38. The summed E-state index contributed by atoms with van der Waals surface area (Å²) in [4.78, 5) is 24.4. The topological polar surface area (TPSA) is 98.8 Å². The zero-order valence-corrected chi connectivity index (χ0v) is 15.9. The monoisotopic (exact) mass is 391 g/mol. The quantitative estimate of drug-likeness (QED) is 0.521. The van der Waals surface area contributed by atoms with Gasteiger partial charge in [0.15, 0.2) is 6.61 Å². The lowest BCUT2D eigenvalue weighted by Crippen LogP contribution is -2.24. The van der Waals surface area contributed by atoms with Crippen molar-refractivity contribution < 1.29 is 27.5 Å². The molecule has 0 aliphatic carbocycles. The van der Waals surface area contributed by atoms with Crippen molar-refractivity contribution in [1.82, 2.24) is 4.72 Å². The van der Waals surface area contributed by atoms with Crippen molar-refractivity contribution in [3.05, 3.63) is 59.7 Å². The number of carbonyl (C=O) groups is 2. The summed E-state index contributed by atoms with van der Waals surface area (Å²) in [7, 11) is -2.26. The van der Waals surface area contributed by atoms with E-state index in [-0.39, 0.29) is 10.5 Å². The van der Waals surface area contributed by atoms with Crippen molar-refractivity contribution in [2.24, 2.45) is 0 Å². The molecule has 1 N–H and O–H groups in total. The van der Waals surface area contributed by atoms with Crippen LogP contribution in [-0.4, -0.2) is 40.4 Å². The first kappa shape index (κ1) is 20.6. The summed E-state index contributed by atoms with van der Waals surface area (Å²) in [5, 5.41) is 0. The van der Waals surface area contributed by atoms with Crippen molar-refractivity contribution in [2.75, 3.05) is 20.3 Å². The van der Waals surface area contributed by atoms with Crippen LogP contribution in [0.5, 0.6) is 5.75 Å². The number of rotatable bonds is 9. The van der Waals surface area contributed by atoms with Gasteiger partial charge in [-0.3, -0.25) is 4.79 Å². The number of ketones is 1. The summed E-state index contributed by atoms with van der Waals surface area (Å²) in [5.74, 6) is -0.825. The molecule has 27 heavy (non-hydrogen) atoms. The number of Topliss-reactive ketones (excluding diaryl/α,β-unsaturated/α-hetero) is 1. The smallest absolute Gasteiger partial charge is 0.338 e. The van der Waals surface area contributed by atoms with E-state index in [1.54, 1.807) is 24.3 Å². The Balaban J connectivity index is 2.08. The standard InChI is InChI=1S/C19H21NO6S/c1-3-11-20-27(23,24)15-8-6-7-14(12-15)19(22)26-13-17(21)16-9-4-5-10-18(16)25-2/h4-10,12,20H,3,11,13H2,1-2H3. The lowest BCUT2D eigenvalue weighted by atomic mass is 10.1. The van der Waals surface area contributed by atoms with Gasteiger partial charge in [0.25, 0.3) is 0 Å². The Morgan fingerprint density at radius 1 is 1.07 bits per heavy atom. The first-order valence-corrected chi connectivity index (χ1v) is 9.80. The fourth-order valence-corrected chi connectivity index (χ4v) is 3.46. The summed E-state index contributed by atoms with van der Waals surface area (Å²) < 4.78 is 36.9. The van der Waals surface area contributed by atoms with Crippen LogP contribution in [-0.2, 0) is 14.8 Å². The van der Waals surface area contributed by atoms with Gasteiger partial charge in [-0.15, -0.1) is 0 Å². The van der Waals surface area contributed by atoms with Gasteiger partial charge in [0.2, 0.25) is 15.8 Å². The fraction of sp³-hybridized carbons (Fsp3) is 0.263. The van der Waals surface area contributed by atoms with Crippen LogP contribution in [0.25, 0.3) is 0 Å². The molecule has 0 unspecified atom stereocenters. The minimum Gasteiger partial charge on any atom is -0.496 e. The normalized spacial score (nSPS) is 11.0. The molecule has 0 saturated carbocycles. The lowest BCUT2D eigenvalue weighted by Gasteiger charge is -2.09. The van der Waals surface area contributed by atoms with Crippen molar-refractivity contribution in [3.63, 3.8) is 0 Å². The molecule has 0 amide bonds. The molecule has 2 aromatic carbocycles. The fourth-order valence-electron chi connectivity index (χ4n) is 2.28. The zero-order chi connectivity index (χ0) is 19.9. The van der Waals surface area contributed by atoms with E-state index < -0.39 is 28.4 Å². The Hall–Kier alpha value is -2.71. The molecule has 2 aromatic rings. The van der Waals surface area contributed by atoms with Gasteiger partial charge in [-0.1, -0.05) is 25.1 Å². The molecule has 0 aromatic heterocycles. The molecule has 0 radical (unpaired) electrons. The third-order valence-electron chi connectivity index (χ3n) is 3.66. The molecule has 0 aliphatic heterocycles. The Bertz CT molecular complexity index is 923. The number of para-hydroxylation sites is 1. The molecule has 2 rings (SSSR count). The van der Waals surface area contributed by atoms with Gasteiger partial charge in [-0.25, -0.2) is 17.9 Å². The number of hydrogen-bond donors (Lipinski definition) is 1. The van der Waals surface area contributed by atoms with Crippen LogP contribution >= 0.6 is 0 Å². The predicted octanol–water partition coefficient (Wildman–Crippen LogP) is 2.42. The molecule has 7 nitrogen and oxygen atoms in total. The zero-order valence-electron chi connectivity index (χ0n) is 15.1. The molecular weight excluding hydrogens is 370 g/mol.